The normalized spacial score (nSPS) is 14.6. The molecule has 1 unspecified atom stereocenters. The van der Waals surface area contributed by atoms with E-state index >= 15 is 0 Å². The number of carbonyl (C=O) groups is 2. The fraction of sp³-hybridized carbons (Fsp3) is 0.143. The van der Waals surface area contributed by atoms with E-state index in [-0.39, 0.29) is 11.8 Å². The first-order chi connectivity index (χ1) is 15.7. The number of imide groups is 1. The van der Waals surface area contributed by atoms with Gasteiger partial charge in [-0.2, -0.15) is 0 Å². The highest BCUT2D eigenvalue weighted by Crippen LogP contribution is 2.38. The maximum atomic E-state index is 13.1. The summed E-state index contributed by atoms with van der Waals surface area (Å²) in [6, 6.07) is 26.2. The van der Waals surface area contributed by atoms with Crippen molar-refractivity contribution in [2.45, 2.75) is 25.9 Å². The molecule has 1 aliphatic rings. The maximum Gasteiger partial charge on any atom is 0.263 e. The van der Waals surface area contributed by atoms with E-state index in [9.17, 15) is 9.59 Å². The summed E-state index contributed by atoms with van der Waals surface area (Å²) in [6.07, 6.45) is 1.11. The van der Waals surface area contributed by atoms with Crippen LogP contribution in [0, 0.1) is 0 Å². The quantitative estimate of drug-likeness (QED) is 0.265. The lowest BCUT2D eigenvalue weighted by atomic mass is 9.93. The number of nitrogens with zero attached hydrogens (tertiary/aromatic N) is 1. The number of nitrogens with one attached hydrogen (secondary N) is 1. The summed E-state index contributed by atoms with van der Waals surface area (Å²) in [5.74, 6) is -0.455. The second-order valence-corrected chi connectivity index (χ2v) is 8.44. The molecule has 0 radical (unpaired) electrons. The average Bonchev–Trinajstić information content (AvgIpc) is 3.08. The number of amides is 2. The molecule has 6 rings (SSSR count). The second-order valence-electron chi connectivity index (χ2n) is 8.44. The molecule has 4 heteroatoms. The van der Waals surface area contributed by atoms with Crippen LogP contribution in [0.1, 0.15) is 40.5 Å². The number of hydrogen-bond acceptors (Lipinski definition) is 3. The molecule has 1 heterocycles. The van der Waals surface area contributed by atoms with Gasteiger partial charge in [-0.1, -0.05) is 74.0 Å². The number of carbonyl (C=O) groups excluding carboxylic acids is 2. The van der Waals surface area contributed by atoms with Crippen molar-refractivity contribution in [1.82, 2.24) is 4.90 Å². The van der Waals surface area contributed by atoms with Crippen LogP contribution in [0.4, 0.5) is 5.69 Å². The Bertz CT molecular complexity index is 1470. The van der Waals surface area contributed by atoms with E-state index in [2.05, 4.69) is 66.8 Å². The molecule has 4 nitrogen and oxygen atoms in total. The summed E-state index contributed by atoms with van der Waals surface area (Å²) < 4.78 is 0. The van der Waals surface area contributed by atoms with Gasteiger partial charge >= 0.3 is 0 Å². The molecular formula is C28H22N2O2. The number of fused-ring (bicyclic) bond motifs is 1. The Morgan fingerprint density at radius 1 is 0.719 bits per heavy atom. The Kier molecular flexibility index (Phi) is 4.15. The predicted octanol–water partition coefficient (Wildman–Crippen LogP) is 6.42. The van der Waals surface area contributed by atoms with Crippen molar-refractivity contribution in [2.24, 2.45) is 0 Å². The van der Waals surface area contributed by atoms with Gasteiger partial charge in [-0.3, -0.25) is 14.5 Å². The van der Waals surface area contributed by atoms with Crippen LogP contribution in [0.5, 0.6) is 0 Å². The van der Waals surface area contributed by atoms with Crippen LogP contribution in [-0.2, 0) is 0 Å². The molecule has 156 valence electrons. The third kappa shape index (κ3) is 2.62. The second kappa shape index (κ2) is 7.06. The SMILES string of the molecule is CCCC(Nc1ccc2ccc3cccc4ccc1c2c34)N1C(=O)c2ccccc2C1=O. The Labute approximate surface area is 185 Å². The lowest BCUT2D eigenvalue weighted by Gasteiger charge is -2.28. The Morgan fingerprint density at radius 3 is 1.97 bits per heavy atom. The summed E-state index contributed by atoms with van der Waals surface area (Å²) in [7, 11) is 0. The molecular weight excluding hydrogens is 396 g/mol. The first-order valence-corrected chi connectivity index (χ1v) is 11.1. The molecule has 0 fully saturated rings. The van der Waals surface area contributed by atoms with Gasteiger partial charge in [-0.15, -0.1) is 0 Å². The molecule has 0 spiro atoms. The van der Waals surface area contributed by atoms with Crippen molar-refractivity contribution >= 4 is 49.8 Å². The molecule has 32 heavy (non-hydrogen) atoms. The minimum Gasteiger partial charge on any atom is -0.364 e. The van der Waals surface area contributed by atoms with E-state index in [0.717, 1.165) is 17.5 Å². The van der Waals surface area contributed by atoms with E-state index in [1.165, 1.54) is 31.8 Å². The van der Waals surface area contributed by atoms with E-state index in [4.69, 9.17) is 0 Å². The van der Waals surface area contributed by atoms with Gasteiger partial charge in [0.05, 0.1) is 11.1 Å². The number of benzene rings is 5. The average molecular weight is 418 g/mol. The summed E-state index contributed by atoms with van der Waals surface area (Å²) in [5.41, 5.74) is 1.90. The molecule has 0 bridgehead atoms. The van der Waals surface area contributed by atoms with Crippen molar-refractivity contribution in [2.75, 3.05) is 5.32 Å². The molecule has 1 aliphatic heterocycles. The van der Waals surface area contributed by atoms with Gasteiger partial charge in [0.15, 0.2) is 0 Å². The lowest BCUT2D eigenvalue weighted by Crippen LogP contribution is -2.44. The molecule has 5 aromatic rings. The third-order valence-electron chi connectivity index (χ3n) is 6.55. The Balaban J connectivity index is 1.47. The zero-order chi connectivity index (χ0) is 21.8. The standard InChI is InChI=1S/C28H22N2O2/c1-2-6-24(30-27(31)20-9-3-4-10-21(20)28(30)32)29-23-16-14-19-12-11-17-7-5-8-18-13-15-22(23)26(19)25(17)18/h3-5,7-16,24,29H,2,6H2,1H3. The van der Waals surface area contributed by atoms with Crippen molar-refractivity contribution in [3.8, 4) is 0 Å². The van der Waals surface area contributed by atoms with E-state index in [1.54, 1.807) is 24.3 Å². The zero-order valence-electron chi connectivity index (χ0n) is 17.8. The van der Waals surface area contributed by atoms with Crippen molar-refractivity contribution in [1.29, 1.82) is 0 Å². The van der Waals surface area contributed by atoms with Gasteiger partial charge in [0.25, 0.3) is 11.8 Å². The summed E-state index contributed by atoms with van der Waals surface area (Å²) in [4.78, 5) is 27.6. The molecule has 5 aromatic carbocycles. The Morgan fingerprint density at radius 2 is 1.31 bits per heavy atom. The van der Waals surface area contributed by atoms with Crippen molar-refractivity contribution < 1.29 is 9.59 Å². The summed E-state index contributed by atoms with van der Waals surface area (Å²) in [6.45, 7) is 2.07. The van der Waals surface area contributed by atoms with Gasteiger partial charge in [0.2, 0.25) is 0 Å². The Hall–Kier alpha value is -3.92. The van der Waals surface area contributed by atoms with Crippen LogP contribution in [-0.4, -0.2) is 22.9 Å². The lowest BCUT2D eigenvalue weighted by molar-refractivity contribution is 0.0596. The van der Waals surface area contributed by atoms with E-state index in [0.29, 0.717) is 17.5 Å². The third-order valence-corrected chi connectivity index (χ3v) is 6.55. The smallest absolute Gasteiger partial charge is 0.263 e. The molecule has 2 amide bonds. The van der Waals surface area contributed by atoms with Crippen LogP contribution in [0.25, 0.3) is 32.3 Å². The van der Waals surface area contributed by atoms with Crippen LogP contribution < -0.4 is 5.32 Å². The van der Waals surface area contributed by atoms with Gasteiger partial charge < -0.3 is 5.32 Å². The number of hydrogen-bond donors (Lipinski definition) is 1. The first-order valence-electron chi connectivity index (χ1n) is 11.1. The summed E-state index contributed by atoms with van der Waals surface area (Å²) >= 11 is 0. The van der Waals surface area contributed by atoms with Gasteiger partial charge in [0, 0.05) is 11.1 Å². The highest BCUT2D eigenvalue weighted by Gasteiger charge is 2.39. The molecule has 0 saturated carbocycles. The van der Waals surface area contributed by atoms with E-state index < -0.39 is 6.17 Å². The monoisotopic (exact) mass is 418 g/mol. The largest absolute Gasteiger partial charge is 0.364 e. The minimum atomic E-state index is -0.411. The molecule has 0 saturated heterocycles. The maximum absolute atomic E-state index is 13.1. The topological polar surface area (TPSA) is 49.4 Å². The minimum absolute atomic E-state index is 0.228. The first kappa shape index (κ1) is 18.8. The molecule has 0 aromatic heterocycles. The van der Waals surface area contributed by atoms with Crippen molar-refractivity contribution in [3.05, 3.63) is 90.0 Å². The zero-order valence-corrected chi connectivity index (χ0v) is 17.8. The number of anilines is 1. The summed E-state index contributed by atoms with van der Waals surface area (Å²) in [5, 5.41) is 10.7. The van der Waals surface area contributed by atoms with Crippen LogP contribution in [0.15, 0.2) is 78.9 Å². The fourth-order valence-electron chi connectivity index (χ4n) is 5.07. The highest BCUT2D eigenvalue weighted by atomic mass is 16.2. The molecule has 1 N–H and O–H groups in total. The molecule has 1 atom stereocenters. The van der Waals surface area contributed by atoms with Gasteiger partial charge in [-0.25, -0.2) is 0 Å². The van der Waals surface area contributed by atoms with Crippen LogP contribution in [0.2, 0.25) is 0 Å². The van der Waals surface area contributed by atoms with Gasteiger partial charge in [-0.05, 0) is 51.6 Å². The van der Waals surface area contributed by atoms with Crippen LogP contribution in [0.3, 0.4) is 0 Å². The predicted molar refractivity (Wildman–Crippen MR) is 129 cm³/mol. The molecule has 0 aliphatic carbocycles. The van der Waals surface area contributed by atoms with Gasteiger partial charge in [0.1, 0.15) is 6.17 Å². The highest BCUT2D eigenvalue weighted by molar-refractivity contribution is 6.25. The van der Waals surface area contributed by atoms with Crippen molar-refractivity contribution in [3.63, 3.8) is 0 Å². The number of rotatable bonds is 5. The fourth-order valence-corrected chi connectivity index (χ4v) is 5.07. The van der Waals surface area contributed by atoms with E-state index in [1.807, 2.05) is 0 Å². The van der Waals surface area contributed by atoms with Crippen LogP contribution >= 0.6 is 0 Å².